The molecule has 0 aliphatic heterocycles. The van der Waals surface area contributed by atoms with Gasteiger partial charge in [-0.2, -0.15) is 0 Å². The van der Waals surface area contributed by atoms with E-state index >= 15 is 0 Å². The van der Waals surface area contributed by atoms with E-state index in [0.717, 1.165) is 0 Å². The van der Waals surface area contributed by atoms with E-state index in [9.17, 15) is 0 Å². The van der Waals surface area contributed by atoms with Gasteiger partial charge in [0.05, 0.1) is 0 Å². The normalized spacial score (nSPS) is 14.5. The summed E-state index contributed by atoms with van der Waals surface area (Å²) in [6.07, 6.45) is 0. The van der Waals surface area contributed by atoms with Crippen molar-refractivity contribution in [1.29, 1.82) is 0 Å². The lowest BCUT2D eigenvalue weighted by molar-refractivity contribution is 0.875. The van der Waals surface area contributed by atoms with Crippen molar-refractivity contribution in [2.45, 2.75) is 13.8 Å². The minimum atomic E-state index is 0.200. The van der Waals surface area contributed by atoms with Crippen molar-refractivity contribution in [3.8, 4) is 0 Å². The highest BCUT2D eigenvalue weighted by atomic mass is 35.5. The second kappa shape index (κ2) is 4.28. The Morgan fingerprint density at radius 3 is 2.30 bits per heavy atom. The Balaban J connectivity index is 4.17. The van der Waals surface area contributed by atoms with E-state index in [-0.39, 0.29) is 11.2 Å². The third-order valence-electron chi connectivity index (χ3n) is 0.997. The maximum absolute atomic E-state index is 5.49. The van der Waals surface area contributed by atoms with E-state index in [2.05, 4.69) is 9.98 Å². The van der Waals surface area contributed by atoms with Gasteiger partial charge in [0.15, 0.2) is 0 Å². The van der Waals surface area contributed by atoms with Crippen molar-refractivity contribution in [1.82, 2.24) is 0 Å². The molecule has 0 aromatic heterocycles. The fourth-order valence-electron chi connectivity index (χ4n) is 0.286. The number of hydrogen-bond donors (Lipinski definition) is 1. The topological polar surface area (TPSA) is 50.7 Å². The van der Waals surface area contributed by atoms with Crippen molar-refractivity contribution in [3.63, 3.8) is 0 Å². The van der Waals surface area contributed by atoms with Gasteiger partial charge in [0.1, 0.15) is 5.84 Å². The number of halogens is 1. The first-order valence-corrected chi connectivity index (χ1v) is 3.42. The van der Waals surface area contributed by atoms with Crippen molar-refractivity contribution in [2.75, 3.05) is 7.05 Å². The highest BCUT2D eigenvalue weighted by Crippen LogP contribution is 1.94. The Labute approximate surface area is 66.0 Å². The molecule has 0 saturated heterocycles. The summed E-state index contributed by atoms with van der Waals surface area (Å²) in [6.45, 7) is 3.89. The summed E-state index contributed by atoms with van der Waals surface area (Å²) < 4.78 is 0. The molecule has 0 saturated carbocycles. The van der Waals surface area contributed by atoms with E-state index < -0.39 is 0 Å². The van der Waals surface area contributed by atoms with Crippen LogP contribution in [0.5, 0.6) is 0 Å². The molecule has 10 heavy (non-hydrogen) atoms. The minimum Gasteiger partial charge on any atom is -0.387 e. The Kier molecular flexibility index (Phi) is 4.03. The molecule has 0 aromatic carbocycles. The van der Waals surface area contributed by atoms with Crippen LogP contribution >= 0.6 is 11.6 Å². The molecule has 0 amide bonds. The van der Waals surface area contributed by atoms with Crippen molar-refractivity contribution in [2.24, 2.45) is 21.6 Å². The number of rotatable bonds is 1. The smallest absolute Gasteiger partial charge is 0.219 e. The summed E-state index contributed by atoms with van der Waals surface area (Å²) in [7, 11) is 1.57. The number of nitrogens with two attached hydrogens (primary N) is 1. The van der Waals surface area contributed by atoms with Crippen molar-refractivity contribution < 1.29 is 0 Å². The fourth-order valence-corrected chi connectivity index (χ4v) is 0.383. The quantitative estimate of drug-likeness (QED) is 0.351. The van der Waals surface area contributed by atoms with Crippen LogP contribution in [0.25, 0.3) is 0 Å². The summed E-state index contributed by atoms with van der Waals surface area (Å²) in [6, 6.07) is 0. The van der Waals surface area contributed by atoms with E-state index in [1.54, 1.807) is 7.05 Å². The van der Waals surface area contributed by atoms with E-state index in [0.29, 0.717) is 5.84 Å². The number of nitrogens with zero attached hydrogens (tertiary/aromatic N) is 2. The van der Waals surface area contributed by atoms with Gasteiger partial charge in [-0.3, -0.25) is 4.99 Å². The van der Waals surface area contributed by atoms with Crippen LogP contribution in [0.2, 0.25) is 0 Å². The van der Waals surface area contributed by atoms with Gasteiger partial charge in [-0.1, -0.05) is 13.8 Å². The zero-order valence-electron chi connectivity index (χ0n) is 6.43. The van der Waals surface area contributed by atoms with Crippen LogP contribution in [0.3, 0.4) is 0 Å². The van der Waals surface area contributed by atoms with Gasteiger partial charge in [0.25, 0.3) is 0 Å². The zero-order valence-corrected chi connectivity index (χ0v) is 7.18. The van der Waals surface area contributed by atoms with Gasteiger partial charge in [0.2, 0.25) is 5.29 Å². The molecule has 0 heterocycles. The third-order valence-corrected chi connectivity index (χ3v) is 1.25. The SMILES string of the molecule is C/N=C(Cl)\N=C(/N)C(C)C. The average Bonchev–Trinajstić information content (AvgIpc) is 1.87. The standard InChI is InChI=1S/C6H12ClN3/c1-4(2)5(8)10-6(7)9-3/h4H,1-3H3,(H2,8,9,10). The lowest BCUT2D eigenvalue weighted by Crippen LogP contribution is -2.19. The van der Waals surface area contributed by atoms with Crippen LogP contribution in [0.15, 0.2) is 9.98 Å². The molecule has 2 N–H and O–H groups in total. The third kappa shape index (κ3) is 3.45. The molecular formula is C6H12ClN3. The van der Waals surface area contributed by atoms with Crippen LogP contribution in [-0.4, -0.2) is 18.2 Å². The molecule has 0 aromatic rings. The molecule has 0 fully saturated rings. The minimum absolute atomic E-state index is 0.200. The van der Waals surface area contributed by atoms with Gasteiger partial charge in [0, 0.05) is 13.0 Å². The van der Waals surface area contributed by atoms with Crippen molar-refractivity contribution >= 4 is 22.7 Å². The lowest BCUT2D eigenvalue weighted by Gasteiger charge is -2.00. The summed E-state index contributed by atoms with van der Waals surface area (Å²) in [5, 5.41) is 0.200. The predicted molar refractivity (Wildman–Crippen MR) is 45.7 cm³/mol. The van der Waals surface area contributed by atoms with Crippen LogP contribution in [-0.2, 0) is 0 Å². The molecule has 3 nitrogen and oxygen atoms in total. The van der Waals surface area contributed by atoms with E-state index in [1.807, 2.05) is 13.8 Å². The van der Waals surface area contributed by atoms with Gasteiger partial charge >= 0.3 is 0 Å². The van der Waals surface area contributed by atoms with Gasteiger partial charge in [-0.25, -0.2) is 4.99 Å². The maximum atomic E-state index is 5.49. The summed E-state index contributed by atoms with van der Waals surface area (Å²) in [5.41, 5.74) is 5.48. The molecule has 0 atom stereocenters. The summed E-state index contributed by atoms with van der Waals surface area (Å²) in [5.74, 6) is 0.728. The van der Waals surface area contributed by atoms with Gasteiger partial charge in [-0.15, -0.1) is 0 Å². The average molecular weight is 162 g/mol. The van der Waals surface area contributed by atoms with Gasteiger partial charge in [-0.05, 0) is 11.6 Å². The van der Waals surface area contributed by atoms with Crippen molar-refractivity contribution in [3.05, 3.63) is 0 Å². The second-order valence-corrected chi connectivity index (χ2v) is 2.52. The van der Waals surface area contributed by atoms with E-state index in [1.165, 1.54) is 0 Å². The molecule has 0 spiro atoms. The van der Waals surface area contributed by atoms with Crippen LogP contribution in [0, 0.1) is 5.92 Å². The highest BCUT2D eigenvalue weighted by molar-refractivity contribution is 6.65. The van der Waals surface area contributed by atoms with E-state index in [4.69, 9.17) is 17.3 Å². The monoisotopic (exact) mass is 161 g/mol. The first-order valence-electron chi connectivity index (χ1n) is 3.04. The summed E-state index contributed by atoms with van der Waals surface area (Å²) in [4.78, 5) is 7.43. The molecule has 0 rings (SSSR count). The summed E-state index contributed by atoms with van der Waals surface area (Å²) >= 11 is 5.49. The predicted octanol–water partition coefficient (Wildman–Crippen LogP) is 1.22. The van der Waals surface area contributed by atoms with Crippen LogP contribution in [0.1, 0.15) is 13.8 Å². The first kappa shape index (κ1) is 9.43. The van der Waals surface area contributed by atoms with Gasteiger partial charge < -0.3 is 5.73 Å². The highest BCUT2D eigenvalue weighted by Gasteiger charge is 1.98. The fraction of sp³-hybridized carbons (Fsp3) is 0.667. The molecule has 0 unspecified atom stereocenters. The van der Waals surface area contributed by atoms with Crippen LogP contribution < -0.4 is 5.73 Å². The number of amidine groups is 2. The largest absolute Gasteiger partial charge is 0.387 e. The first-order chi connectivity index (χ1) is 4.57. The molecule has 0 radical (unpaired) electrons. The molecule has 0 aliphatic rings. The number of aliphatic imine (C=N–C) groups is 2. The van der Waals surface area contributed by atoms with Crippen LogP contribution in [0.4, 0.5) is 0 Å². The maximum Gasteiger partial charge on any atom is 0.219 e. The molecule has 0 aliphatic carbocycles. The zero-order chi connectivity index (χ0) is 8.15. The molecule has 4 heteroatoms. The Hall–Kier alpha value is -0.570. The number of hydrogen-bond acceptors (Lipinski definition) is 1. The molecular weight excluding hydrogens is 150 g/mol. The Morgan fingerprint density at radius 2 is 2.00 bits per heavy atom. The second-order valence-electron chi connectivity index (χ2n) is 2.18. The molecule has 0 bridgehead atoms. The Bertz CT molecular complexity index is 160. The Morgan fingerprint density at radius 1 is 1.50 bits per heavy atom. The lowest BCUT2D eigenvalue weighted by atomic mass is 10.2. The molecule has 58 valence electrons.